The van der Waals surface area contributed by atoms with E-state index in [1.807, 2.05) is 0 Å². The summed E-state index contributed by atoms with van der Waals surface area (Å²) in [5.41, 5.74) is 0.769. The molecular weight excluding hydrogens is 212 g/mol. The minimum atomic E-state index is -1.83. The summed E-state index contributed by atoms with van der Waals surface area (Å²) in [6.45, 7) is 0. The van der Waals surface area contributed by atoms with E-state index in [0.29, 0.717) is 17.4 Å². The first kappa shape index (κ1) is 12.4. The number of carbonyl (C=O) groups is 2. The van der Waals surface area contributed by atoms with Crippen molar-refractivity contribution in [3.05, 3.63) is 35.4 Å². The summed E-state index contributed by atoms with van der Waals surface area (Å²) < 4.78 is 9.80. The molecule has 0 bridgehead atoms. The summed E-state index contributed by atoms with van der Waals surface area (Å²) in [7, 11) is 2.48. The van der Waals surface area contributed by atoms with Crippen LogP contribution in [-0.2, 0) is 20.1 Å². The van der Waals surface area contributed by atoms with Crippen LogP contribution in [0.4, 0.5) is 0 Å². The standard InChI is InChI=1S/C11H12O5/c1-15-11(16-2,10(13)14)9-5-3-8(7-12)4-6-9/h3-7H,1-2H3,(H,13,14). The maximum Gasteiger partial charge on any atom is 0.369 e. The van der Waals surface area contributed by atoms with Gasteiger partial charge in [-0.3, -0.25) is 4.79 Å². The van der Waals surface area contributed by atoms with E-state index in [2.05, 4.69) is 0 Å². The molecule has 0 aliphatic carbocycles. The number of benzene rings is 1. The Morgan fingerprint density at radius 2 is 1.75 bits per heavy atom. The van der Waals surface area contributed by atoms with E-state index in [4.69, 9.17) is 14.6 Å². The summed E-state index contributed by atoms with van der Waals surface area (Å²) in [5.74, 6) is -3.09. The van der Waals surface area contributed by atoms with Gasteiger partial charge in [-0.05, 0) is 0 Å². The molecule has 0 unspecified atom stereocenters. The number of carboxylic acids is 1. The van der Waals surface area contributed by atoms with Crippen molar-refractivity contribution in [1.29, 1.82) is 0 Å². The molecule has 1 aromatic rings. The van der Waals surface area contributed by atoms with Crippen molar-refractivity contribution >= 4 is 12.3 Å². The third kappa shape index (κ3) is 1.95. The maximum atomic E-state index is 11.1. The molecular formula is C11H12O5. The Kier molecular flexibility index (Phi) is 3.76. The van der Waals surface area contributed by atoms with Crippen molar-refractivity contribution in [2.45, 2.75) is 5.79 Å². The molecule has 0 spiro atoms. The molecule has 1 rings (SSSR count). The maximum absolute atomic E-state index is 11.1. The van der Waals surface area contributed by atoms with Crippen LogP contribution in [0.2, 0.25) is 0 Å². The Morgan fingerprint density at radius 1 is 1.25 bits per heavy atom. The summed E-state index contributed by atoms with van der Waals surface area (Å²) in [4.78, 5) is 21.6. The predicted octanol–water partition coefficient (Wildman–Crippen LogP) is 1.03. The summed E-state index contributed by atoms with van der Waals surface area (Å²) in [6.07, 6.45) is 0.672. The van der Waals surface area contributed by atoms with Gasteiger partial charge in [-0.1, -0.05) is 24.3 Å². The van der Waals surface area contributed by atoms with Crippen molar-refractivity contribution in [3.63, 3.8) is 0 Å². The van der Waals surface area contributed by atoms with E-state index in [1.54, 1.807) is 0 Å². The van der Waals surface area contributed by atoms with Gasteiger partial charge in [0, 0.05) is 25.3 Å². The summed E-state index contributed by atoms with van der Waals surface area (Å²) in [5, 5.41) is 9.08. The number of aldehydes is 1. The van der Waals surface area contributed by atoms with Gasteiger partial charge in [0.05, 0.1) is 0 Å². The first-order valence-electron chi connectivity index (χ1n) is 4.50. The number of carboxylic acid groups (broad SMARTS) is 1. The SMILES string of the molecule is COC(OC)(C(=O)O)c1ccc(C=O)cc1. The molecule has 0 heterocycles. The first-order chi connectivity index (χ1) is 7.60. The second kappa shape index (κ2) is 4.87. The Morgan fingerprint density at radius 3 is 2.06 bits per heavy atom. The highest BCUT2D eigenvalue weighted by Gasteiger charge is 2.41. The fourth-order valence-electron chi connectivity index (χ4n) is 1.40. The molecule has 0 saturated carbocycles. The van der Waals surface area contributed by atoms with Crippen LogP contribution in [0, 0.1) is 0 Å². The lowest BCUT2D eigenvalue weighted by Crippen LogP contribution is -2.39. The lowest BCUT2D eigenvalue weighted by molar-refractivity contribution is -0.231. The van der Waals surface area contributed by atoms with E-state index in [0.717, 1.165) is 0 Å². The Hall–Kier alpha value is -1.72. The van der Waals surface area contributed by atoms with Gasteiger partial charge in [-0.15, -0.1) is 0 Å². The Balaban J connectivity index is 3.20. The molecule has 16 heavy (non-hydrogen) atoms. The molecule has 1 aromatic carbocycles. The first-order valence-corrected chi connectivity index (χ1v) is 4.50. The zero-order valence-electron chi connectivity index (χ0n) is 8.97. The van der Waals surface area contributed by atoms with E-state index in [1.165, 1.54) is 38.5 Å². The molecule has 0 aromatic heterocycles. The Bertz CT molecular complexity index is 378. The Labute approximate surface area is 92.6 Å². The molecule has 0 atom stereocenters. The zero-order chi connectivity index (χ0) is 12.2. The fourth-order valence-corrected chi connectivity index (χ4v) is 1.40. The van der Waals surface area contributed by atoms with Gasteiger partial charge in [0.15, 0.2) is 0 Å². The second-order valence-electron chi connectivity index (χ2n) is 3.07. The smallest absolute Gasteiger partial charge is 0.369 e. The summed E-state index contributed by atoms with van der Waals surface area (Å²) in [6, 6.07) is 5.95. The van der Waals surface area contributed by atoms with Crippen LogP contribution in [0.5, 0.6) is 0 Å². The van der Waals surface area contributed by atoms with Crippen molar-refractivity contribution in [1.82, 2.24) is 0 Å². The molecule has 5 nitrogen and oxygen atoms in total. The number of methoxy groups -OCH3 is 2. The third-order valence-corrected chi connectivity index (χ3v) is 2.28. The van der Waals surface area contributed by atoms with Crippen LogP contribution in [0.25, 0.3) is 0 Å². The number of hydrogen-bond acceptors (Lipinski definition) is 4. The van der Waals surface area contributed by atoms with Gasteiger partial charge in [-0.2, -0.15) is 0 Å². The molecule has 5 heteroatoms. The van der Waals surface area contributed by atoms with Crippen molar-refractivity contribution < 1.29 is 24.2 Å². The number of hydrogen-bond donors (Lipinski definition) is 1. The van der Waals surface area contributed by atoms with Crippen LogP contribution >= 0.6 is 0 Å². The van der Waals surface area contributed by atoms with Gasteiger partial charge < -0.3 is 14.6 Å². The number of aliphatic carboxylic acids is 1. The van der Waals surface area contributed by atoms with Gasteiger partial charge >= 0.3 is 5.97 Å². The van der Waals surface area contributed by atoms with Crippen LogP contribution in [0.15, 0.2) is 24.3 Å². The molecule has 86 valence electrons. The minimum Gasteiger partial charge on any atom is -0.477 e. The van der Waals surface area contributed by atoms with Gasteiger partial charge in [0.25, 0.3) is 5.79 Å². The highest BCUT2D eigenvalue weighted by atomic mass is 16.7. The van der Waals surface area contributed by atoms with Crippen LogP contribution < -0.4 is 0 Å². The van der Waals surface area contributed by atoms with Crippen molar-refractivity contribution in [2.75, 3.05) is 14.2 Å². The van der Waals surface area contributed by atoms with E-state index in [9.17, 15) is 9.59 Å². The molecule has 1 N–H and O–H groups in total. The zero-order valence-corrected chi connectivity index (χ0v) is 8.97. The fraction of sp³-hybridized carbons (Fsp3) is 0.273. The molecule has 0 aliphatic rings. The highest BCUT2D eigenvalue weighted by molar-refractivity contribution is 5.79. The van der Waals surface area contributed by atoms with Gasteiger partial charge in [0.2, 0.25) is 0 Å². The van der Waals surface area contributed by atoms with E-state index < -0.39 is 11.8 Å². The number of carbonyl (C=O) groups excluding carboxylic acids is 1. The normalized spacial score (nSPS) is 11.1. The van der Waals surface area contributed by atoms with Crippen LogP contribution in [0.1, 0.15) is 15.9 Å². The quantitative estimate of drug-likeness (QED) is 0.597. The molecule has 0 aliphatic heterocycles. The average Bonchev–Trinajstić information content (AvgIpc) is 2.32. The highest BCUT2D eigenvalue weighted by Crippen LogP contribution is 2.26. The number of rotatable bonds is 5. The van der Waals surface area contributed by atoms with Gasteiger partial charge in [0.1, 0.15) is 6.29 Å². The molecule has 0 saturated heterocycles. The second-order valence-corrected chi connectivity index (χ2v) is 3.07. The van der Waals surface area contributed by atoms with E-state index >= 15 is 0 Å². The predicted molar refractivity (Wildman–Crippen MR) is 55.2 cm³/mol. The topological polar surface area (TPSA) is 72.8 Å². The lowest BCUT2D eigenvalue weighted by atomic mass is 10.0. The molecule has 0 radical (unpaired) electrons. The molecule has 0 amide bonds. The monoisotopic (exact) mass is 224 g/mol. The largest absolute Gasteiger partial charge is 0.477 e. The average molecular weight is 224 g/mol. The van der Waals surface area contributed by atoms with Crippen molar-refractivity contribution in [3.8, 4) is 0 Å². The minimum absolute atomic E-state index is 0.315. The van der Waals surface area contributed by atoms with Crippen LogP contribution in [0.3, 0.4) is 0 Å². The van der Waals surface area contributed by atoms with Gasteiger partial charge in [-0.25, -0.2) is 4.79 Å². The summed E-state index contributed by atoms with van der Waals surface area (Å²) >= 11 is 0. The van der Waals surface area contributed by atoms with Crippen molar-refractivity contribution in [2.24, 2.45) is 0 Å². The third-order valence-electron chi connectivity index (χ3n) is 2.28. The van der Waals surface area contributed by atoms with Crippen LogP contribution in [-0.4, -0.2) is 31.6 Å². The van der Waals surface area contributed by atoms with E-state index in [-0.39, 0.29) is 0 Å². The molecule has 0 fully saturated rings. The lowest BCUT2D eigenvalue weighted by Gasteiger charge is -2.26. The number of ether oxygens (including phenoxy) is 2.